The molecule has 1 aliphatic rings. The first-order valence-corrected chi connectivity index (χ1v) is 4.58. The van der Waals surface area contributed by atoms with Crippen LogP contribution in [0.2, 0.25) is 0 Å². The smallest absolute Gasteiger partial charge is 0.0404 e. The molecule has 1 aromatic rings. The molecular formula is C10H11S. The molecule has 0 aromatic heterocycles. The summed E-state index contributed by atoms with van der Waals surface area (Å²) in [6, 6.07) is 8.57. The quantitative estimate of drug-likeness (QED) is 0.550. The van der Waals surface area contributed by atoms with Gasteiger partial charge in [-0.2, -0.15) is 0 Å². The Balaban J connectivity index is 2.44. The SMILES string of the molecule is [S]C1CCCc2ccccc21. The van der Waals surface area contributed by atoms with Gasteiger partial charge in [-0.05, 0) is 30.4 Å². The van der Waals surface area contributed by atoms with Gasteiger partial charge in [0, 0.05) is 5.25 Å². The standard InChI is InChI=1S/C10H11S/c11-10-7-3-5-8-4-1-2-6-9(8)10/h1-2,4,6,10H,3,5,7H2. The summed E-state index contributed by atoms with van der Waals surface area (Å²) >= 11 is 5.34. The van der Waals surface area contributed by atoms with Gasteiger partial charge in [0.15, 0.2) is 0 Å². The third-order valence-electron chi connectivity index (χ3n) is 2.31. The fraction of sp³-hybridized carbons (Fsp3) is 0.400. The van der Waals surface area contributed by atoms with E-state index in [-0.39, 0.29) is 0 Å². The first-order valence-electron chi connectivity index (χ1n) is 4.11. The molecule has 0 saturated carbocycles. The van der Waals surface area contributed by atoms with Crippen LogP contribution in [0.25, 0.3) is 0 Å². The van der Waals surface area contributed by atoms with Gasteiger partial charge in [-0.1, -0.05) is 36.9 Å². The summed E-state index contributed by atoms with van der Waals surface area (Å²) < 4.78 is 0. The van der Waals surface area contributed by atoms with E-state index in [0.717, 1.165) is 0 Å². The molecule has 0 saturated heterocycles. The average Bonchev–Trinajstić information content (AvgIpc) is 2.06. The number of hydrogen-bond acceptors (Lipinski definition) is 0. The molecule has 11 heavy (non-hydrogen) atoms. The van der Waals surface area contributed by atoms with E-state index in [2.05, 4.69) is 24.3 Å². The van der Waals surface area contributed by atoms with Crippen LogP contribution in [0.1, 0.15) is 29.2 Å². The van der Waals surface area contributed by atoms with Gasteiger partial charge in [0.05, 0.1) is 0 Å². The van der Waals surface area contributed by atoms with Crippen LogP contribution in [0.15, 0.2) is 24.3 Å². The van der Waals surface area contributed by atoms with Crippen LogP contribution in [0.5, 0.6) is 0 Å². The Bertz CT molecular complexity index is 255. The normalized spacial score (nSPS) is 22.8. The van der Waals surface area contributed by atoms with E-state index < -0.39 is 0 Å². The molecule has 0 nitrogen and oxygen atoms in total. The maximum atomic E-state index is 5.34. The topological polar surface area (TPSA) is 0 Å². The van der Waals surface area contributed by atoms with Crippen LogP contribution in [0, 0.1) is 0 Å². The summed E-state index contributed by atoms with van der Waals surface area (Å²) in [6.07, 6.45) is 3.68. The maximum Gasteiger partial charge on any atom is 0.0404 e. The lowest BCUT2D eigenvalue weighted by atomic mass is 9.91. The van der Waals surface area contributed by atoms with E-state index in [1.54, 1.807) is 0 Å². The van der Waals surface area contributed by atoms with Crippen molar-refractivity contribution < 1.29 is 0 Å². The molecule has 0 aliphatic heterocycles. The van der Waals surface area contributed by atoms with Crippen molar-refractivity contribution in [3.05, 3.63) is 35.4 Å². The number of rotatable bonds is 0. The minimum Gasteiger partial charge on any atom is -0.0853 e. The van der Waals surface area contributed by atoms with Crippen LogP contribution in [0.4, 0.5) is 0 Å². The lowest BCUT2D eigenvalue weighted by Crippen LogP contribution is -2.04. The Hall–Kier alpha value is -0.430. The maximum absolute atomic E-state index is 5.34. The Labute approximate surface area is 73.0 Å². The highest BCUT2D eigenvalue weighted by Crippen LogP contribution is 2.33. The minimum absolute atomic E-state index is 0.375. The molecule has 0 bridgehead atoms. The molecule has 1 unspecified atom stereocenters. The summed E-state index contributed by atoms with van der Waals surface area (Å²) in [6.45, 7) is 0. The van der Waals surface area contributed by atoms with Crippen molar-refractivity contribution >= 4 is 12.6 Å². The van der Waals surface area contributed by atoms with Gasteiger partial charge < -0.3 is 0 Å². The highest BCUT2D eigenvalue weighted by atomic mass is 32.1. The molecule has 0 heterocycles. The predicted octanol–water partition coefficient (Wildman–Crippen LogP) is 3.26. The molecule has 1 atom stereocenters. The molecule has 0 spiro atoms. The molecule has 1 aromatic carbocycles. The highest BCUT2D eigenvalue weighted by molar-refractivity contribution is 7.80. The molecular weight excluding hydrogens is 152 g/mol. The van der Waals surface area contributed by atoms with Crippen molar-refractivity contribution in [2.24, 2.45) is 0 Å². The van der Waals surface area contributed by atoms with E-state index in [1.807, 2.05) is 0 Å². The van der Waals surface area contributed by atoms with Gasteiger partial charge in [0.1, 0.15) is 0 Å². The fourth-order valence-corrected chi connectivity index (χ4v) is 2.11. The van der Waals surface area contributed by atoms with Crippen molar-refractivity contribution in [1.29, 1.82) is 0 Å². The number of fused-ring (bicyclic) bond motifs is 1. The molecule has 2 rings (SSSR count). The largest absolute Gasteiger partial charge is 0.0853 e. The average molecular weight is 163 g/mol. The van der Waals surface area contributed by atoms with Crippen molar-refractivity contribution in [1.82, 2.24) is 0 Å². The molecule has 0 N–H and O–H groups in total. The van der Waals surface area contributed by atoms with Gasteiger partial charge in [-0.3, -0.25) is 0 Å². The molecule has 57 valence electrons. The monoisotopic (exact) mass is 163 g/mol. The molecule has 1 aliphatic carbocycles. The van der Waals surface area contributed by atoms with Crippen molar-refractivity contribution in [3.8, 4) is 0 Å². The van der Waals surface area contributed by atoms with Gasteiger partial charge in [0.2, 0.25) is 0 Å². The first-order chi connectivity index (χ1) is 5.38. The second kappa shape index (κ2) is 2.90. The summed E-state index contributed by atoms with van der Waals surface area (Å²) in [5.74, 6) is 0. The van der Waals surface area contributed by atoms with Crippen molar-refractivity contribution in [2.75, 3.05) is 0 Å². The van der Waals surface area contributed by atoms with Crippen LogP contribution in [-0.2, 0) is 6.42 Å². The summed E-state index contributed by atoms with van der Waals surface area (Å²) in [7, 11) is 0. The van der Waals surface area contributed by atoms with E-state index in [1.165, 1.54) is 30.4 Å². The fourth-order valence-electron chi connectivity index (χ4n) is 1.71. The van der Waals surface area contributed by atoms with E-state index in [0.29, 0.717) is 5.25 Å². The molecule has 1 heteroatoms. The van der Waals surface area contributed by atoms with Gasteiger partial charge in [-0.25, -0.2) is 0 Å². The Morgan fingerprint density at radius 2 is 2.09 bits per heavy atom. The molecule has 0 amide bonds. The number of hydrogen-bond donors (Lipinski definition) is 0. The summed E-state index contributed by atoms with van der Waals surface area (Å²) in [5, 5.41) is 0.375. The lowest BCUT2D eigenvalue weighted by Gasteiger charge is -2.20. The van der Waals surface area contributed by atoms with Gasteiger partial charge >= 0.3 is 0 Å². The van der Waals surface area contributed by atoms with Crippen LogP contribution < -0.4 is 0 Å². The third-order valence-corrected chi connectivity index (χ3v) is 2.80. The van der Waals surface area contributed by atoms with Gasteiger partial charge in [0.25, 0.3) is 0 Å². The minimum atomic E-state index is 0.375. The van der Waals surface area contributed by atoms with Gasteiger partial charge in [-0.15, -0.1) is 0 Å². The second-order valence-corrected chi connectivity index (χ2v) is 3.65. The van der Waals surface area contributed by atoms with E-state index in [4.69, 9.17) is 12.6 Å². The molecule has 0 fully saturated rings. The lowest BCUT2D eigenvalue weighted by molar-refractivity contribution is 0.676. The van der Waals surface area contributed by atoms with E-state index in [9.17, 15) is 0 Å². The number of benzene rings is 1. The highest BCUT2D eigenvalue weighted by Gasteiger charge is 2.15. The van der Waals surface area contributed by atoms with Crippen LogP contribution >= 0.6 is 12.6 Å². The van der Waals surface area contributed by atoms with Crippen molar-refractivity contribution in [2.45, 2.75) is 24.5 Å². The third kappa shape index (κ3) is 1.30. The zero-order chi connectivity index (χ0) is 7.68. The van der Waals surface area contributed by atoms with Crippen LogP contribution in [0.3, 0.4) is 0 Å². The second-order valence-electron chi connectivity index (χ2n) is 3.08. The first kappa shape index (κ1) is 7.23. The summed E-state index contributed by atoms with van der Waals surface area (Å²) in [4.78, 5) is 0. The zero-order valence-corrected chi connectivity index (χ0v) is 7.23. The van der Waals surface area contributed by atoms with Crippen molar-refractivity contribution in [3.63, 3.8) is 0 Å². The summed E-state index contributed by atoms with van der Waals surface area (Å²) in [5.41, 5.74) is 2.87. The van der Waals surface area contributed by atoms with E-state index >= 15 is 0 Å². The Morgan fingerprint density at radius 3 is 2.91 bits per heavy atom. The predicted molar refractivity (Wildman–Crippen MR) is 49.7 cm³/mol. The molecule has 1 radical (unpaired) electrons. The Morgan fingerprint density at radius 1 is 1.27 bits per heavy atom. The number of aryl methyl sites for hydroxylation is 1. The zero-order valence-electron chi connectivity index (χ0n) is 6.42. The Kier molecular flexibility index (Phi) is 1.91. The van der Waals surface area contributed by atoms with Crippen LogP contribution in [-0.4, -0.2) is 0 Å².